The molecule has 0 saturated carbocycles. The lowest BCUT2D eigenvalue weighted by molar-refractivity contribution is -0.130. The number of amides is 2. The normalized spacial score (nSPS) is 35.0. The van der Waals surface area contributed by atoms with Gasteiger partial charge in [0.15, 0.2) is 0 Å². The first-order chi connectivity index (χ1) is 10.1. The van der Waals surface area contributed by atoms with Crippen molar-refractivity contribution in [2.45, 2.75) is 70.0 Å². The van der Waals surface area contributed by atoms with Gasteiger partial charge in [0.05, 0.1) is 0 Å². The molecule has 2 bridgehead atoms. The van der Waals surface area contributed by atoms with Crippen molar-refractivity contribution in [1.82, 2.24) is 15.5 Å². The maximum absolute atomic E-state index is 12.2. The third-order valence-corrected chi connectivity index (χ3v) is 5.25. The fourth-order valence-corrected chi connectivity index (χ4v) is 4.22. The Labute approximate surface area is 126 Å². The Bertz CT molecular complexity index is 400. The molecule has 118 valence electrons. The largest absolute Gasteiger partial charge is 0.352 e. The van der Waals surface area contributed by atoms with Gasteiger partial charge < -0.3 is 15.5 Å². The van der Waals surface area contributed by atoms with Crippen molar-refractivity contribution in [3.8, 4) is 0 Å². The van der Waals surface area contributed by atoms with Crippen LogP contribution in [0.3, 0.4) is 0 Å². The summed E-state index contributed by atoms with van der Waals surface area (Å²) < 4.78 is 0. The fourth-order valence-electron chi connectivity index (χ4n) is 4.22. The average Bonchev–Trinajstić information content (AvgIpc) is 3.05. The average molecular weight is 293 g/mol. The van der Waals surface area contributed by atoms with E-state index in [4.69, 9.17) is 0 Å². The number of carbonyl (C=O) groups excluding carboxylic acids is 2. The maximum Gasteiger partial charge on any atom is 0.222 e. The van der Waals surface area contributed by atoms with Crippen LogP contribution in [0, 0.1) is 5.92 Å². The van der Waals surface area contributed by atoms with Gasteiger partial charge in [-0.1, -0.05) is 6.92 Å². The van der Waals surface area contributed by atoms with E-state index in [1.54, 1.807) is 0 Å². The summed E-state index contributed by atoms with van der Waals surface area (Å²) in [5, 5.41) is 6.75. The molecule has 0 spiro atoms. The van der Waals surface area contributed by atoms with Crippen molar-refractivity contribution in [2.75, 3.05) is 13.1 Å². The maximum atomic E-state index is 12.2. The SMILES string of the molecule is CCC(=O)N1CCC(NC(=O)CC2CC3CCC(C2)N3)C1. The number of nitrogens with one attached hydrogen (secondary N) is 2. The summed E-state index contributed by atoms with van der Waals surface area (Å²) in [5.41, 5.74) is 0. The molecule has 3 fully saturated rings. The predicted octanol–water partition coefficient (Wildman–Crippen LogP) is 1.03. The summed E-state index contributed by atoms with van der Waals surface area (Å²) >= 11 is 0. The first-order valence-corrected chi connectivity index (χ1v) is 8.47. The first kappa shape index (κ1) is 14.8. The van der Waals surface area contributed by atoms with Gasteiger partial charge in [-0.2, -0.15) is 0 Å². The predicted molar refractivity (Wildman–Crippen MR) is 80.7 cm³/mol. The summed E-state index contributed by atoms with van der Waals surface area (Å²) in [7, 11) is 0. The lowest BCUT2D eigenvalue weighted by Crippen LogP contribution is -2.42. The second kappa shape index (κ2) is 6.34. The molecular formula is C16H27N3O2. The van der Waals surface area contributed by atoms with Crippen molar-refractivity contribution >= 4 is 11.8 Å². The Morgan fingerprint density at radius 3 is 2.57 bits per heavy atom. The van der Waals surface area contributed by atoms with Crippen molar-refractivity contribution < 1.29 is 9.59 Å². The lowest BCUT2D eigenvalue weighted by Gasteiger charge is -2.29. The molecule has 2 N–H and O–H groups in total. The third-order valence-electron chi connectivity index (χ3n) is 5.25. The van der Waals surface area contributed by atoms with E-state index < -0.39 is 0 Å². The molecule has 3 aliphatic heterocycles. The molecule has 0 aliphatic carbocycles. The van der Waals surface area contributed by atoms with E-state index in [9.17, 15) is 9.59 Å². The highest BCUT2D eigenvalue weighted by Gasteiger charge is 2.34. The zero-order valence-electron chi connectivity index (χ0n) is 12.9. The van der Waals surface area contributed by atoms with E-state index in [2.05, 4.69) is 10.6 Å². The van der Waals surface area contributed by atoms with Crippen molar-refractivity contribution in [2.24, 2.45) is 5.92 Å². The van der Waals surface area contributed by atoms with Gasteiger partial charge in [0.1, 0.15) is 0 Å². The van der Waals surface area contributed by atoms with Crippen LogP contribution in [0.4, 0.5) is 0 Å². The highest BCUT2D eigenvalue weighted by molar-refractivity contribution is 5.78. The van der Waals surface area contributed by atoms with Crippen LogP contribution in [0.25, 0.3) is 0 Å². The number of nitrogens with zero attached hydrogens (tertiary/aromatic N) is 1. The van der Waals surface area contributed by atoms with Crippen LogP contribution >= 0.6 is 0 Å². The first-order valence-electron chi connectivity index (χ1n) is 8.47. The number of likely N-dealkylation sites (tertiary alicyclic amines) is 1. The van der Waals surface area contributed by atoms with Crippen LogP contribution in [0.1, 0.15) is 51.9 Å². The van der Waals surface area contributed by atoms with Gasteiger partial charge in [0.2, 0.25) is 11.8 Å². The van der Waals surface area contributed by atoms with Gasteiger partial charge >= 0.3 is 0 Å². The van der Waals surface area contributed by atoms with Gasteiger partial charge in [-0.3, -0.25) is 9.59 Å². The van der Waals surface area contributed by atoms with Crippen molar-refractivity contribution in [3.63, 3.8) is 0 Å². The summed E-state index contributed by atoms with van der Waals surface area (Å²) in [6.07, 6.45) is 6.96. The molecule has 5 nitrogen and oxygen atoms in total. The summed E-state index contributed by atoms with van der Waals surface area (Å²) in [6, 6.07) is 1.45. The molecule has 3 heterocycles. The molecule has 21 heavy (non-hydrogen) atoms. The van der Waals surface area contributed by atoms with E-state index in [0.29, 0.717) is 37.4 Å². The van der Waals surface area contributed by atoms with Gasteiger partial charge in [0, 0.05) is 44.1 Å². The molecule has 3 rings (SSSR count). The minimum Gasteiger partial charge on any atom is -0.352 e. The minimum absolute atomic E-state index is 0.159. The van der Waals surface area contributed by atoms with Crippen LogP contribution in [0.5, 0.6) is 0 Å². The van der Waals surface area contributed by atoms with E-state index >= 15 is 0 Å². The standard InChI is InChI=1S/C16H27N3O2/c1-2-16(21)19-6-5-14(10-19)18-15(20)9-11-7-12-3-4-13(8-11)17-12/h11-14,17H,2-10H2,1H3,(H,18,20). The van der Waals surface area contributed by atoms with Crippen LogP contribution < -0.4 is 10.6 Å². The Balaban J connectivity index is 1.42. The second-order valence-electron chi connectivity index (χ2n) is 6.93. The van der Waals surface area contributed by atoms with Crippen molar-refractivity contribution in [3.05, 3.63) is 0 Å². The quantitative estimate of drug-likeness (QED) is 0.814. The Morgan fingerprint density at radius 2 is 1.90 bits per heavy atom. The number of carbonyl (C=O) groups is 2. The van der Waals surface area contributed by atoms with E-state index in [-0.39, 0.29) is 17.9 Å². The third kappa shape index (κ3) is 3.57. The Hall–Kier alpha value is -1.10. The molecule has 3 aliphatic rings. The summed E-state index contributed by atoms with van der Waals surface area (Å²) in [6.45, 7) is 3.37. The number of fused-ring (bicyclic) bond motifs is 2. The van der Waals surface area contributed by atoms with Gasteiger partial charge in [0.25, 0.3) is 0 Å². The fraction of sp³-hybridized carbons (Fsp3) is 0.875. The second-order valence-corrected chi connectivity index (χ2v) is 6.93. The molecule has 0 radical (unpaired) electrons. The molecule has 0 aromatic heterocycles. The molecule has 0 aromatic carbocycles. The van der Waals surface area contributed by atoms with Crippen LogP contribution in [-0.4, -0.2) is 47.9 Å². The van der Waals surface area contributed by atoms with Gasteiger partial charge in [-0.05, 0) is 38.0 Å². The van der Waals surface area contributed by atoms with E-state index in [1.165, 1.54) is 12.8 Å². The highest BCUT2D eigenvalue weighted by atomic mass is 16.2. The smallest absolute Gasteiger partial charge is 0.222 e. The van der Waals surface area contributed by atoms with Crippen LogP contribution in [-0.2, 0) is 9.59 Å². The highest BCUT2D eigenvalue weighted by Crippen LogP contribution is 2.32. The zero-order chi connectivity index (χ0) is 14.8. The summed E-state index contributed by atoms with van der Waals surface area (Å²) in [5.74, 6) is 0.914. The topological polar surface area (TPSA) is 61.4 Å². The van der Waals surface area contributed by atoms with Gasteiger partial charge in [-0.25, -0.2) is 0 Å². The molecule has 3 atom stereocenters. The number of hydrogen-bond acceptors (Lipinski definition) is 3. The Morgan fingerprint density at radius 1 is 1.19 bits per heavy atom. The van der Waals surface area contributed by atoms with Crippen LogP contribution in [0.15, 0.2) is 0 Å². The van der Waals surface area contributed by atoms with Gasteiger partial charge in [-0.15, -0.1) is 0 Å². The monoisotopic (exact) mass is 293 g/mol. The molecule has 3 saturated heterocycles. The Kier molecular flexibility index (Phi) is 4.48. The summed E-state index contributed by atoms with van der Waals surface area (Å²) in [4.78, 5) is 25.7. The molecular weight excluding hydrogens is 266 g/mol. The van der Waals surface area contributed by atoms with Crippen LogP contribution in [0.2, 0.25) is 0 Å². The molecule has 2 amide bonds. The number of rotatable bonds is 4. The number of piperidine rings is 1. The van der Waals surface area contributed by atoms with Crippen molar-refractivity contribution in [1.29, 1.82) is 0 Å². The molecule has 5 heteroatoms. The van der Waals surface area contributed by atoms with E-state index in [1.807, 2.05) is 11.8 Å². The molecule has 0 aromatic rings. The zero-order valence-corrected chi connectivity index (χ0v) is 12.9. The molecule has 3 unspecified atom stereocenters. The van der Waals surface area contributed by atoms with E-state index in [0.717, 1.165) is 25.8 Å². The minimum atomic E-state index is 0.159. The number of hydrogen-bond donors (Lipinski definition) is 2. The lowest BCUT2D eigenvalue weighted by atomic mass is 9.89.